The lowest BCUT2D eigenvalue weighted by atomic mass is 10.1. The van der Waals surface area contributed by atoms with Gasteiger partial charge in [0, 0.05) is 16.2 Å². The van der Waals surface area contributed by atoms with Crippen LogP contribution < -0.4 is 5.32 Å². The van der Waals surface area contributed by atoms with E-state index in [9.17, 15) is 9.90 Å². The second kappa shape index (κ2) is 6.22. The summed E-state index contributed by atoms with van der Waals surface area (Å²) in [7, 11) is 0. The summed E-state index contributed by atoms with van der Waals surface area (Å²) in [5.74, 6) is -0.229. The zero-order chi connectivity index (χ0) is 14.7. The summed E-state index contributed by atoms with van der Waals surface area (Å²) in [5.41, 5.74) is 1.30. The van der Waals surface area contributed by atoms with Crippen LogP contribution in [0.25, 0.3) is 0 Å². The van der Waals surface area contributed by atoms with Gasteiger partial charge in [0.25, 0.3) is 5.91 Å². The quantitative estimate of drug-likeness (QED) is 0.913. The Morgan fingerprint density at radius 1 is 1.25 bits per heavy atom. The maximum absolute atomic E-state index is 11.9. The van der Waals surface area contributed by atoms with Gasteiger partial charge in [0.05, 0.1) is 0 Å². The van der Waals surface area contributed by atoms with Gasteiger partial charge in [-0.05, 0) is 42.3 Å². The van der Waals surface area contributed by atoms with Gasteiger partial charge >= 0.3 is 0 Å². The number of hydrogen-bond donors (Lipinski definition) is 2. The second-order valence-corrected chi connectivity index (χ2v) is 5.19. The van der Waals surface area contributed by atoms with Gasteiger partial charge in [0.15, 0.2) is 6.10 Å². The number of benzene rings is 1. The first-order chi connectivity index (χ1) is 9.45. The Kier molecular flexibility index (Phi) is 4.60. The number of aryl methyl sites for hydroxylation is 1. The third-order valence-electron chi connectivity index (χ3n) is 2.61. The Hall–Kier alpha value is -1.62. The summed E-state index contributed by atoms with van der Waals surface area (Å²) < 4.78 is 0. The lowest BCUT2D eigenvalue weighted by molar-refractivity contribution is -0.124. The van der Waals surface area contributed by atoms with Crippen LogP contribution in [0.1, 0.15) is 17.2 Å². The Morgan fingerprint density at radius 3 is 2.45 bits per heavy atom. The fourth-order valence-electron chi connectivity index (χ4n) is 1.62. The van der Waals surface area contributed by atoms with Gasteiger partial charge in [-0.25, -0.2) is 4.98 Å². The molecule has 2 rings (SSSR count). The molecular weight excluding hydrogens is 299 g/mol. The number of anilines is 1. The predicted molar refractivity (Wildman–Crippen MR) is 79.0 cm³/mol. The highest BCUT2D eigenvalue weighted by atomic mass is 35.5. The zero-order valence-corrected chi connectivity index (χ0v) is 12.1. The van der Waals surface area contributed by atoms with Crippen molar-refractivity contribution < 1.29 is 9.90 Å². The van der Waals surface area contributed by atoms with Crippen LogP contribution in [0.2, 0.25) is 10.0 Å². The highest BCUT2D eigenvalue weighted by Crippen LogP contribution is 2.24. The van der Waals surface area contributed by atoms with E-state index in [-0.39, 0.29) is 0 Å². The van der Waals surface area contributed by atoms with Crippen molar-refractivity contribution in [3.05, 3.63) is 57.7 Å². The van der Waals surface area contributed by atoms with Gasteiger partial charge in [0.1, 0.15) is 5.82 Å². The topological polar surface area (TPSA) is 62.2 Å². The molecule has 0 saturated carbocycles. The van der Waals surface area contributed by atoms with Crippen LogP contribution in [0, 0.1) is 6.92 Å². The number of rotatable bonds is 3. The van der Waals surface area contributed by atoms with E-state index < -0.39 is 12.0 Å². The maximum Gasteiger partial charge on any atom is 0.258 e. The predicted octanol–water partition coefficient (Wildman–Crippen LogP) is 3.37. The molecule has 0 aliphatic heterocycles. The van der Waals surface area contributed by atoms with Crippen LogP contribution in [0.5, 0.6) is 0 Å². The number of amides is 1. The summed E-state index contributed by atoms with van der Waals surface area (Å²) >= 11 is 11.7. The van der Waals surface area contributed by atoms with Crippen molar-refractivity contribution in [2.75, 3.05) is 5.32 Å². The molecule has 20 heavy (non-hydrogen) atoms. The second-order valence-electron chi connectivity index (χ2n) is 4.32. The van der Waals surface area contributed by atoms with Gasteiger partial charge in [-0.2, -0.15) is 0 Å². The summed E-state index contributed by atoms with van der Waals surface area (Å²) in [6, 6.07) is 7.97. The number of nitrogens with one attached hydrogen (secondary N) is 1. The van der Waals surface area contributed by atoms with E-state index in [0.29, 0.717) is 21.4 Å². The molecule has 0 aliphatic rings. The number of aliphatic hydroxyl groups is 1. The van der Waals surface area contributed by atoms with Gasteiger partial charge in [0.2, 0.25) is 0 Å². The maximum atomic E-state index is 11.9. The molecule has 1 aromatic heterocycles. The first-order valence-electron chi connectivity index (χ1n) is 5.83. The van der Waals surface area contributed by atoms with Crippen molar-refractivity contribution in [2.45, 2.75) is 13.0 Å². The van der Waals surface area contributed by atoms with Crippen molar-refractivity contribution in [1.29, 1.82) is 0 Å². The highest BCUT2D eigenvalue weighted by molar-refractivity contribution is 6.34. The Bertz CT molecular complexity index is 609. The van der Waals surface area contributed by atoms with Crippen LogP contribution in [-0.2, 0) is 4.79 Å². The number of nitrogens with zero attached hydrogens (tertiary/aromatic N) is 1. The molecule has 0 bridgehead atoms. The summed E-state index contributed by atoms with van der Waals surface area (Å²) in [6.07, 6.45) is 0.257. The zero-order valence-electron chi connectivity index (χ0n) is 10.6. The number of halogens is 2. The summed E-state index contributed by atoms with van der Waals surface area (Å²) in [4.78, 5) is 16.0. The van der Waals surface area contributed by atoms with Crippen molar-refractivity contribution in [1.82, 2.24) is 4.98 Å². The van der Waals surface area contributed by atoms with Crippen LogP contribution >= 0.6 is 23.2 Å². The molecule has 6 heteroatoms. The number of carbonyl (C=O) groups excluding carboxylic acids is 1. The number of hydrogen-bond acceptors (Lipinski definition) is 3. The van der Waals surface area contributed by atoms with Crippen LogP contribution in [0.4, 0.5) is 5.82 Å². The normalized spacial score (nSPS) is 12.0. The first kappa shape index (κ1) is 14.8. The van der Waals surface area contributed by atoms with Crippen LogP contribution in [0.3, 0.4) is 0 Å². The molecule has 0 aliphatic carbocycles. The molecular formula is C14H12Cl2N2O2. The SMILES string of the molecule is Cc1ccc(NC(=O)C(O)c2cc(Cl)cc(Cl)c2)nc1. The average Bonchev–Trinajstić information content (AvgIpc) is 2.39. The van der Waals surface area contributed by atoms with Crippen molar-refractivity contribution in [3.8, 4) is 0 Å². The molecule has 0 radical (unpaired) electrons. The van der Waals surface area contributed by atoms with Gasteiger partial charge < -0.3 is 10.4 Å². The smallest absolute Gasteiger partial charge is 0.258 e. The molecule has 2 N–H and O–H groups in total. The van der Waals surface area contributed by atoms with E-state index in [4.69, 9.17) is 23.2 Å². The van der Waals surface area contributed by atoms with E-state index in [1.807, 2.05) is 13.0 Å². The van der Waals surface area contributed by atoms with E-state index in [1.54, 1.807) is 12.3 Å². The first-order valence-corrected chi connectivity index (χ1v) is 6.59. The molecule has 1 unspecified atom stereocenters. The lowest BCUT2D eigenvalue weighted by Gasteiger charge is -2.12. The Labute approximate surface area is 126 Å². The minimum atomic E-state index is -1.37. The molecule has 1 atom stereocenters. The molecule has 4 nitrogen and oxygen atoms in total. The van der Waals surface area contributed by atoms with E-state index in [0.717, 1.165) is 5.56 Å². The van der Waals surface area contributed by atoms with Crippen LogP contribution in [-0.4, -0.2) is 16.0 Å². The minimum Gasteiger partial charge on any atom is -0.378 e. The number of carbonyl (C=O) groups is 1. The third-order valence-corrected chi connectivity index (χ3v) is 3.05. The average molecular weight is 311 g/mol. The van der Waals surface area contributed by atoms with E-state index in [2.05, 4.69) is 10.3 Å². The Balaban J connectivity index is 2.14. The molecule has 0 saturated heterocycles. The number of pyridine rings is 1. The van der Waals surface area contributed by atoms with Crippen molar-refractivity contribution in [2.24, 2.45) is 0 Å². The molecule has 1 aromatic carbocycles. The number of aliphatic hydroxyl groups excluding tert-OH is 1. The molecule has 104 valence electrons. The monoisotopic (exact) mass is 310 g/mol. The van der Waals surface area contributed by atoms with Crippen LogP contribution in [0.15, 0.2) is 36.5 Å². The molecule has 1 heterocycles. The van der Waals surface area contributed by atoms with Crippen molar-refractivity contribution >= 4 is 34.9 Å². The molecule has 1 amide bonds. The highest BCUT2D eigenvalue weighted by Gasteiger charge is 2.18. The molecule has 0 spiro atoms. The fourth-order valence-corrected chi connectivity index (χ4v) is 2.16. The van der Waals surface area contributed by atoms with Crippen molar-refractivity contribution in [3.63, 3.8) is 0 Å². The van der Waals surface area contributed by atoms with Gasteiger partial charge in [-0.3, -0.25) is 4.79 Å². The lowest BCUT2D eigenvalue weighted by Crippen LogP contribution is -2.21. The third kappa shape index (κ3) is 3.70. The summed E-state index contributed by atoms with van der Waals surface area (Å²) in [6.45, 7) is 1.89. The standard InChI is InChI=1S/C14H12Cl2N2O2/c1-8-2-3-12(17-7-8)18-14(20)13(19)9-4-10(15)6-11(16)5-9/h2-7,13,19H,1H3,(H,17,18,20). The summed E-state index contributed by atoms with van der Waals surface area (Å²) in [5, 5.41) is 13.2. The number of aromatic nitrogens is 1. The van der Waals surface area contributed by atoms with E-state index >= 15 is 0 Å². The fraction of sp³-hybridized carbons (Fsp3) is 0.143. The minimum absolute atomic E-state index is 0.326. The molecule has 2 aromatic rings. The Morgan fingerprint density at radius 2 is 1.90 bits per heavy atom. The van der Waals surface area contributed by atoms with Gasteiger partial charge in [-0.1, -0.05) is 29.3 Å². The van der Waals surface area contributed by atoms with E-state index in [1.165, 1.54) is 18.2 Å². The van der Waals surface area contributed by atoms with Gasteiger partial charge in [-0.15, -0.1) is 0 Å². The molecule has 0 fully saturated rings. The largest absolute Gasteiger partial charge is 0.378 e.